The van der Waals surface area contributed by atoms with E-state index in [1.54, 1.807) is 0 Å². The first kappa shape index (κ1) is 74.7. The highest BCUT2D eigenvalue weighted by Gasteiger charge is 2.33. The van der Waals surface area contributed by atoms with Crippen LogP contribution in [0.3, 0.4) is 0 Å². The van der Waals surface area contributed by atoms with Gasteiger partial charge in [-0.15, -0.1) is 0 Å². The number of ether oxygens (including phenoxy) is 2. The Labute approximate surface area is 481 Å². The Morgan fingerprint density at radius 2 is 0.705 bits per heavy atom. The maximum atomic E-state index is 13.9. The zero-order valence-corrected chi connectivity index (χ0v) is 52.5. The van der Waals surface area contributed by atoms with Gasteiger partial charge in [0.15, 0.2) is 0 Å². The largest absolute Gasteiger partial charge is 0.377 e. The standard InChI is InChI=1S/C66H124N6O6/c1-11-17-19-21-23-25-27-29-31-33-35-37-39-41-43-47-61(73)71(53-45-51-69(13-3)14-4)63(59(7)8)65(75)67-49-55-77-57-58-78-56-50-68-66(76)64(60(9)10)72(54-46-52-70(15-5)16-6)62(74)48-44-42-40-38-36-34-32-30-28-26-24-22-20-18-12-2/h23-26,29-32,59-60,63-64H,11-22,27-28,33-58H2,1-10H3,(H,67,75)(H,68,76)/b25-23-,26-24-,31-29-,32-30-. The van der Waals surface area contributed by atoms with E-state index in [9.17, 15) is 19.2 Å². The molecule has 0 saturated carbocycles. The summed E-state index contributed by atoms with van der Waals surface area (Å²) in [6.07, 6.45) is 45.9. The molecule has 0 aliphatic rings. The number of carbonyl (C=O) groups excluding carboxylic acids is 4. The summed E-state index contributed by atoms with van der Waals surface area (Å²) in [5, 5.41) is 6.12. The summed E-state index contributed by atoms with van der Waals surface area (Å²) < 4.78 is 11.7. The quantitative estimate of drug-likeness (QED) is 0.0456. The highest BCUT2D eigenvalue weighted by molar-refractivity contribution is 5.88. The van der Waals surface area contributed by atoms with Crippen LogP contribution in [-0.4, -0.2) is 147 Å². The number of carbonyl (C=O) groups is 4. The van der Waals surface area contributed by atoms with Crippen LogP contribution in [0.2, 0.25) is 0 Å². The van der Waals surface area contributed by atoms with Gasteiger partial charge < -0.3 is 39.7 Å². The number of nitrogens with one attached hydrogen (secondary N) is 2. The summed E-state index contributed by atoms with van der Waals surface area (Å²) in [7, 11) is 0. The van der Waals surface area contributed by atoms with Gasteiger partial charge in [0, 0.05) is 39.0 Å². The Hall–Kier alpha value is -3.32. The zero-order chi connectivity index (χ0) is 57.7. The molecule has 0 aliphatic heterocycles. The van der Waals surface area contributed by atoms with Crippen LogP contribution in [0, 0.1) is 11.8 Å². The number of hydrogen-bond donors (Lipinski definition) is 2. The van der Waals surface area contributed by atoms with E-state index < -0.39 is 12.1 Å². The minimum atomic E-state index is -0.547. The fourth-order valence-corrected chi connectivity index (χ4v) is 9.94. The molecule has 0 saturated heterocycles. The molecule has 0 aromatic heterocycles. The average molecular weight is 1100 g/mol. The number of rotatable bonds is 55. The molecule has 0 aromatic carbocycles. The molecule has 0 fully saturated rings. The SMILES string of the molecule is CCCCC/C=C\C/C=C\CCCCCCCC(=O)N(CCCN(CC)CC)C(C(=O)NCCOCCOCCNC(=O)C(C(C)C)N(CCCN(CC)CC)C(=O)CCCCCCC/C=C\C/C=C\CCCCC)C(C)C. The molecule has 2 N–H and O–H groups in total. The van der Waals surface area contributed by atoms with Gasteiger partial charge in [0.25, 0.3) is 0 Å². The van der Waals surface area contributed by atoms with Gasteiger partial charge in [-0.25, -0.2) is 0 Å². The summed E-state index contributed by atoms with van der Waals surface area (Å²) in [4.78, 5) is 63.7. The van der Waals surface area contributed by atoms with Gasteiger partial charge in [-0.2, -0.15) is 0 Å². The van der Waals surface area contributed by atoms with Crippen LogP contribution in [0.15, 0.2) is 48.6 Å². The molecule has 0 radical (unpaired) electrons. The molecule has 0 aliphatic carbocycles. The van der Waals surface area contributed by atoms with E-state index >= 15 is 0 Å². The Morgan fingerprint density at radius 3 is 1.03 bits per heavy atom. The van der Waals surface area contributed by atoms with Crippen LogP contribution in [0.25, 0.3) is 0 Å². The van der Waals surface area contributed by atoms with Crippen molar-refractivity contribution < 1.29 is 28.7 Å². The van der Waals surface area contributed by atoms with Crippen LogP contribution in [0.5, 0.6) is 0 Å². The number of hydrogen-bond acceptors (Lipinski definition) is 8. The second kappa shape index (κ2) is 54.3. The fraction of sp³-hybridized carbons (Fsp3) is 0.818. The molecular formula is C66H124N6O6. The summed E-state index contributed by atoms with van der Waals surface area (Å²) in [5.74, 6) is -0.223. The van der Waals surface area contributed by atoms with Gasteiger partial charge in [-0.05, 0) is 141 Å². The van der Waals surface area contributed by atoms with Crippen molar-refractivity contribution >= 4 is 23.6 Å². The molecular weight excluding hydrogens is 973 g/mol. The topological polar surface area (TPSA) is 124 Å². The van der Waals surface area contributed by atoms with Crippen molar-refractivity contribution in [2.45, 2.75) is 248 Å². The van der Waals surface area contributed by atoms with Gasteiger partial charge in [-0.3, -0.25) is 19.2 Å². The van der Waals surface area contributed by atoms with E-state index in [2.05, 4.69) is 111 Å². The fourth-order valence-electron chi connectivity index (χ4n) is 9.94. The molecule has 4 amide bonds. The van der Waals surface area contributed by atoms with Crippen LogP contribution in [-0.2, 0) is 28.7 Å². The average Bonchev–Trinajstić information content (AvgIpc) is 3.43. The third-order valence-electron chi connectivity index (χ3n) is 14.8. The minimum Gasteiger partial charge on any atom is -0.377 e. The van der Waals surface area contributed by atoms with Crippen LogP contribution < -0.4 is 10.6 Å². The van der Waals surface area contributed by atoms with Crippen molar-refractivity contribution in [2.75, 3.05) is 91.9 Å². The van der Waals surface area contributed by atoms with E-state index in [4.69, 9.17) is 9.47 Å². The van der Waals surface area contributed by atoms with Crippen molar-refractivity contribution in [1.29, 1.82) is 0 Å². The number of nitrogens with zero attached hydrogens (tertiary/aromatic N) is 4. The molecule has 454 valence electrons. The molecule has 2 unspecified atom stereocenters. The van der Waals surface area contributed by atoms with E-state index in [1.165, 1.54) is 77.0 Å². The van der Waals surface area contributed by atoms with Crippen molar-refractivity contribution in [1.82, 2.24) is 30.2 Å². The van der Waals surface area contributed by atoms with Gasteiger partial charge in [0.1, 0.15) is 12.1 Å². The molecule has 0 heterocycles. The van der Waals surface area contributed by atoms with Crippen molar-refractivity contribution in [3.05, 3.63) is 48.6 Å². The van der Waals surface area contributed by atoms with Gasteiger partial charge in [0.2, 0.25) is 23.6 Å². The van der Waals surface area contributed by atoms with Crippen molar-refractivity contribution in [2.24, 2.45) is 11.8 Å². The number of unbranched alkanes of at least 4 members (excludes halogenated alkanes) is 16. The van der Waals surface area contributed by atoms with E-state index in [0.29, 0.717) is 65.4 Å². The molecule has 2 atom stereocenters. The smallest absolute Gasteiger partial charge is 0.243 e. The summed E-state index contributed by atoms with van der Waals surface area (Å²) in [6.45, 7) is 30.0. The van der Waals surface area contributed by atoms with E-state index in [1.807, 2.05) is 37.5 Å². The molecule has 0 spiro atoms. The zero-order valence-electron chi connectivity index (χ0n) is 52.5. The first-order valence-corrected chi connectivity index (χ1v) is 32.3. The van der Waals surface area contributed by atoms with Gasteiger partial charge in [0.05, 0.1) is 26.4 Å². The van der Waals surface area contributed by atoms with Gasteiger partial charge in [-0.1, -0.05) is 182 Å². The molecule has 12 heteroatoms. The maximum absolute atomic E-state index is 13.9. The summed E-state index contributed by atoms with van der Waals surface area (Å²) in [6, 6.07) is -1.09. The predicted molar refractivity (Wildman–Crippen MR) is 332 cm³/mol. The Kier molecular flexibility index (Phi) is 52.0. The lowest BCUT2D eigenvalue weighted by molar-refractivity contribution is -0.142. The minimum absolute atomic E-state index is 0.0422. The molecule has 12 nitrogen and oxygen atoms in total. The lowest BCUT2D eigenvalue weighted by Crippen LogP contribution is -2.53. The normalized spacial score (nSPS) is 12.9. The van der Waals surface area contributed by atoms with Crippen LogP contribution in [0.1, 0.15) is 236 Å². The molecule has 78 heavy (non-hydrogen) atoms. The highest BCUT2D eigenvalue weighted by atomic mass is 16.5. The lowest BCUT2D eigenvalue weighted by atomic mass is 9.99. The Morgan fingerprint density at radius 1 is 0.385 bits per heavy atom. The monoisotopic (exact) mass is 1100 g/mol. The Balaban J connectivity index is 4.99. The second-order valence-corrected chi connectivity index (χ2v) is 22.1. The highest BCUT2D eigenvalue weighted by Crippen LogP contribution is 2.19. The molecule has 0 rings (SSSR count). The molecule has 0 bridgehead atoms. The number of amides is 4. The van der Waals surface area contributed by atoms with Crippen LogP contribution in [0.4, 0.5) is 0 Å². The third-order valence-corrected chi connectivity index (χ3v) is 14.8. The van der Waals surface area contributed by atoms with Crippen LogP contribution >= 0.6 is 0 Å². The second-order valence-electron chi connectivity index (χ2n) is 22.1. The summed E-state index contributed by atoms with van der Waals surface area (Å²) in [5.41, 5.74) is 0. The summed E-state index contributed by atoms with van der Waals surface area (Å²) >= 11 is 0. The van der Waals surface area contributed by atoms with Gasteiger partial charge >= 0.3 is 0 Å². The lowest BCUT2D eigenvalue weighted by Gasteiger charge is -2.34. The van der Waals surface area contributed by atoms with Crippen molar-refractivity contribution in [3.8, 4) is 0 Å². The van der Waals surface area contributed by atoms with Crippen molar-refractivity contribution in [3.63, 3.8) is 0 Å². The first-order chi connectivity index (χ1) is 37.9. The maximum Gasteiger partial charge on any atom is 0.243 e. The van der Waals surface area contributed by atoms with E-state index in [0.717, 1.165) is 116 Å². The molecule has 0 aromatic rings. The first-order valence-electron chi connectivity index (χ1n) is 32.3. The predicted octanol–water partition coefficient (Wildman–Crippen LogP) is 14.0. The Bertz CT molecular complexity index is 1430. The third kappa shape index (κ3) is 40.8. The van der Waals surface area contributed by atoms with E-state index in [-0.39, 0.29) is 35.5 Å². The number of allylic oxidation sites excluding steroid dienone is 8.